The number of ether oxygens (including phenoxy) is 3. The normalized spacial score (nSPS) is 11.3. The molecule has 1 unspecified atom stereocenters. The van der Waals surface area contributed by atoms with Crippen LogP contribution in [0.3, 0.4) is 0 Å². The maximum Gasteiger partial charge on any atom is 0.322 e. The molecule has 0 fully saturated rings. The molecule has 2 aromatic rings. The number of nitrogens with one attached hydrogen (secondary N) is 2. The largest absolute Gasteiger partial charge is 0.508 e. The van der Waals surface area contributed by atoms with E-state index in [9.17, 15) is 9.90 Å². The van der Waals surface area contributed by atoms with Gasteiger partial charge in [-0.15, -0.1) is 0 Å². The lowest BCUT2D eigenvalue weighted by Crippen LogP contribution is -2.39. The second kappa shape index (κ2) is 7.96. The van der Waals surface area contributed by atoms with Gasteiger partial charge in [0.25, 0.3) is 0 Å². The van der Waals surface area contributed by atoms with Crippen molar-refractivity contribution >= 4 is 11.7 Å². The van der Waals surface area contributed by atoms with Crippen molar-refractivity contribution in [3.63, 3.8) is 0 Å². The van der Waals surface area contributed by atoms with E-state index < -0.39 is 12.3 Å². The minimum atomic E-state index is -0.578. The highest BCUT2D eigenvalue weighted by molar-refractivity contribution is 5.91. The summed E-state index contributed by atoms with van der Waals surface area (Å²) in [5, 5.41) is 14.6. The van der Waals surface area contributed by atoms with Crippen molar-refractivity contribution < 1.29 is 24.1 Å². The Balaban J connectivity index is 1.96. The molecule has 0 bridgehead atoms. The Kier molecular flexibility index (Phi) is 5.73. The van der Waals surface area contributed by atoms with E-state index in [0.717, 1.165) is 0 Å². The third-order valence-corrected chi connectivity index (χ3v) is 3.14. The van der Waals surface area contributed by atoms with Gasteiger partial charge in [0.2, 0.25) is 0 Å². The van der Waals surface area contributed by atoms with Crippen LogP contribution in [0.1, 0.15) is 6.92 Å². The number of phenolic OH excluding ortho intramolecular Hbond substituents is 1. The average molecular weight is 332 g/mol. The number of amides is 2. The summed E-state index contributed by atoms with van der Waals surface area (Å²) in [6.45, 7) is 1.69. The van der Waals surface area contributed by atoms with Crippen LogP contribution in [0.5, 0.6) is 23.0 Å². The van der Waals surface area contributed by atoms with Crippen molar-refractivity contribution in [2.24, 2.45) is 0 Å². The highest BCUT2D eigenvalue weighted by atomic mass is 16.5. The Morgan fingerprint density at radius 2 is 1.71 bits per heavy atom. The topological polar surface area (TPSA) is 89.1 Å². The van der Waals surface area contributed by atoms with E-state index in [2.05, 4.69) is 10.6 Å². The summed E-state index contributed by atoms with van der Waals surface area (Å²) >= 11 is 0. The minimum Gasteiger partial charge on any atom is -0.508 e. The van der Waals surface area contributed by atoms with E-state index in [1.54, 1.807) is 44.4 Å². The van der Waals surface area contributed by atoms with Gasteiger partial charge in [-0.3, -0.25) is 0 Å². The molecule has 0 heterocycles. The number of carbonyl (C=O) groups is 1. The number of phenols is 1. The van der Waals surface area contributed by atoms with Gasteiger partial charge in [-0.2, -0.15) is 0 Å². The number of hydrogen-bond donors (Lipinski definition) is 3. The molecular weight excluding hydrogens is 312 g/mol. The van der Waals surface area contributed by atoms with Gasteiger partial charge in [-0.1, -0.05) is 0 Å². The molecule has 7 heteroatoms. The Morgan fingerprint density at radius 3 is 2.33 bits per heavy atom. The zero-order chi connectivity index (χ0) is 17.5. The maximum atomic E-state index is 12.1. The molecule has 0 aliphatic carbocycles. The van der Waals surface area contributed by atoms with Crippen LogP contribution in [0.15, 0.2) is 42.5 Å². The third kappa shape index (κ3) is 4.70. The first-order chi connectivity index (χ1) is 11.5. The Hall–Kier alpha value is -3.09. The molecule has 2 aromatic carbocycles. The van der Waals surface area contributed by atoms with E-state index in [1.807, 2.05) is 0 Å². The number of methoxy groups -OCH3 is 2. The summed E-state index contributed by atoms with van der Waals surface area (Å²) in [4.78, 5) is 12.1. The van der Waals surface area contributed by atoms with Gasteiger partial charge in [0.05, 0.1) is 19.9 Å². The summed E-state index contributed by atoms with van der Waals surface area (Å²) in [6.07, 6.45) is -0.578. The summed E-state index contributed by atoms with van der Waals surface area (Å²) < 4.78 is 15.9. The molecule has 0 radical (unpaired) electrons. The van der Waals surface area contributed by atoms with Crippen LogP contribution in [-0.2, 0) is 0 Å². The van der Waals surface area contributed by atoms with Crippen LogP contribution in [0.25, 0.3) is 0 Å². The monoisotopic (exact) mass is 332 g/mol. The molecule has 128 valence electrons. The van der Waals surface area contributed by atoms with Gasteiger partial charge in [0.1, 0.15) is 23.0 Å². The number of hydrogen-bond acceptors (Lipinski definition) is 5. The van der Waals surface area contributed by atoms with E-state index in [-0.39, 0.29) is 5.75 Å². The summed E-state index contributed by atoms with van der Waals surface area (Å²) in [7, 11) is 3.06. The third-order valence-electron chi connectivity index (χ3n) is 3.14. The standard InChI is InChI=1S/C17H20N2O5/c1-11(24-13-6-4-12(20)5-7-13)18-17(21)19-15-10-14(22-2)8-9-16(15)23-3/h4-11,20H,1-3H3,(H2,18,19,21). The first kappa shape index (κ1) is 17.3. The first-order valence-electron chi connectivity index (χ1n) is 7.27. The van der Waals surface area contributed by atoms with Crippen LogP contribution in [0.4, 0.5) is 10.5 Å². The average Bonchev–Trinajstić information content (AvgIpc) is 2.56. The molecule has 24 heavy (non-hydrogen) atoms. The van der Waals surface area contributed by atoms with Crippen molar-refractivity contribution in [1.82, 2.24) is 5.32 Å². The Labute approximate surface area is 140 Å². The predicted molar refractivity (Wildman–Crippen MR) is 89.9 cm³/mol. The van der Waals surface area contributed by atoms with Crippen LogP contribution in [0, 0.1) is 0 Å². The molecular formula is C17H20N2O5. The van der Waals surface area contributed by atoms with Gasteiger partial charge in [-0.05, 0) is 43.3 Å². The summed E-state index contributed by atoms with van der Waals surface area (Å²) in [5.41, 5.74) is 0.478. The fourth-order valence-electron chi connectivity index (χ4n) is 2.01. The van der Waals surface area contributed by atoms with E-state index in [4.69, 9.17) is 14.2 Å². The smallest absolute Gasteiger partial charge is 0.322 e. The zero-order valence-corrected chi connectivity index (χ0v) is 13.7. The molecule has 0 aliphatic rings. The number of urea groups is 1. The predicted octanol–water partition coefficient (Wildman–Crippen LogP) is 2.96. The van der Waals surface area contributed by atoms with Gasteiger partial charge >= 0.3 is 6.03 Å². The van der Waals surface area contributed by atoms with E-state index in [0.29, 0.717) is 22.9 Å². The minimum absolute atomic E-state index is 0.144. The number of rotatable bonds is 6. The zero-order valence-electron chi connectivity index (χ0n) is 13.7. The highest BCUT2D eigenvalue weighted by Crippen LogP contribution is 2.28. The van der Waals surface area contributed by atoms with E-state index >= 15 is 0 Å². The fraction of sp³-hybridized carbons (Fsp3) is 0.235. The van der Waals surface area contributed by atoms with Crippen molar-refractivity contribution in [3.8, 4) is 23.0 Å². The number of aromatic hydroxyl groups is 1. The molecule has 2 amide bonds. The van der Waals surface area contributed by atoms with Crippen LogP contribution in [-0.4, -0.2) is 31.6 Å². The number of benzene rings is 2. The van der Waals surface area contributed by atoms with Crippen molar-refractivity contribution in [2.45, 2.75) is 13.2 Å². The summed E-state index contributed by atoms with van der Waals surface area (Å²) in [6, 6.07) is 10.9. The summed E-state index contributed by atoms with van der Waals surface area (Å²) in [5.74, 6) is 1.78. The van der Waals surface area contributed by atoms with Crippen LogP contribution >= 0.6 is 0 Å². The lowest BCUT2D eigenvalue weighted by Gasteiger charge is -2.18. The Morgan fingerprint density at radius 1 is 1.04 bits per heavy atom. The molecule has 0 aliphatic heterocycles. The van der Waals surface area contributed by atoms with Crippen molar-refractivity contribution in [2.75, 3.05) is 19.5 Å². The highest BCUT2D eigenvalue weighted by Gasteiger charge is 2.12. The fourth-order valence-corrected chi connectivity index (χ4v) is 2.01. The molecule has 0 saturated carbocycles. The quantitative estimate of drug-likeness (QED) is 0.708. The molecule has 0 saturated heterocycles. The van der Waals surface area contributed by atoms with E-state index in [1.165, 1.54) is 19.2 Å². The molecule has 3 N–H and O–H groups in total. The molecule has 2 rings (SSSR count). The lowest BCUT2D eigenvalue weighted by molar-refractivity contribution is 0.183. The first-order valence-corrected chi connectivity index (χ1v) is 7.27. The number of anilines is 1. The van der Waals surface area contributed by atoms with Gasteiger partial charge in [0, 0.05) is 6.07 Å². The van der Waals surface area contributed by atoms with Crippen molar-refractivity contribution in [3.05, 3.63) is 42.5 Å². The molecule has 0 aromatic heterocycles. The maximum absolute atomic E-state index is 12.1. The van der Waals surface area contributed by atoms with Gasteiger partial charge in [-0.25, -0.2) is 4.79 Å². The van der Waals surface area contributed by atoms with Gasteiger partial charge in [0.15, 0.2) is 6.23 Å². The van der Waals surface area contributed by atoms with Crippen molar-refractivity contribution in [1.29, 1.82) is 0 Å². The van der Waals surface area contributed by atoms with Crippen LogP contribution < -0.4 is 24.8 Å². The number of carbonyl (C=O) groups excluding carboxylic acids is 1. The molecule has 1 atom stereocenters. The lowest BCUT2D eigenvalue weighted by atomic mass is 10.2. The molecule has 7 nitrogen and oxygen atoms in total. The SMILES string of the molecule is COc1ccc(OC)c(NC(=O)NC(C)Oc2ccc(O)cc2)c1. The Bertz CT molecular complexity index is 688. The van der Waals surface area contributed by atoms with Gasteiger partial charge < -0.3 is 30.0 Å². The van der Waals surface area contributed by atoms with Crippen LogP contribution in [0.2, 0.25) is 0 Å². The molecule has 0 spiro atoms. The second-order valence-electron chi connectivity index (χ2n) is 4.92. The second-order valence-corrected chi connectivity index (χ2v) is 4.92.